The summed E-state index contributed by atoms with van der Waals surface area (Å²) in [4.78, 5) is 38.3. The van der Waals surface area contributed by atoms with Gasteiger partial charge < -0.3 is 14.8 Å². The lowest BCUT2D eigenvalue weighted by Crippen LogP contribution is -2.37. The fourth-order valence-electron chi connectivity index (χ4n) is 3.67. The Morgan fingerprint density at radius 3 is 2.40 bits per heavy atom. The molecule has 0 aliphatic carbocycles. The van der Waals surface area contributed by atoms with Crippen LogP contribution in [-0.4, -0.2) is 42.5 Å². The van der Waals surface area contributed by atoms with E-state index in [1.54, 1.807) is 24.3 Å². The number of carbonyl (C=O) groups is 3. The molecule has 0 aromatic heterocycles. The molecule has 0 saturated carbocycles. The molecule has 0 bridgehead atoms. The van der Waals surface area contributed by atoms with Crippen LogP contribution in [-0.2, 0) is 10.2 Å². The number of nitrogens with one attached hydrogen (secondary N) is 1. The van der Waals surface area contributed by atoms with Crippen LogP contribution < -0.4 is 14.8 Å². The maximum atomic E-state index is 12.4. The van der Waals surface area contributed by atoms with Gasteiger partial charge in [-0.1, -0.05) is 32.0 Å². The van der Waals surface area contributed by atoms with Crippen molar-refractivity contribution in [3.8, 4) is 11.5 Å². The van der Waals surface area contributed by atoms with Crippen molar-refractivity contribution in [2.24, 2.45) is 0 Å². The highest BCUT2D eigenvalue weighted by Crippen LogP contribution is 2.36. The van der Waals surface area contributed by atoms with Gasteiger partial charge in [-0.05, 0) is 36.2 Å². The van der Waals surface area contributed by atoms with Gasteiger partial charge in [-0.25, -0.2) is 0 Å². The lowest BCUT2D eigenvalue weighted by atomic mass is 9.84. The Kier molecular flexibility index (Phi) is 5.20. The molecule has 0 unspecified atom stereocenters. The van der Waals surface area contributed by atoms with E-state index < -0.39 is 0 Å². The van der Waals surface area contributed by atoms with Crippen LogP contribution in [0.1, 0.15) is 53.0 Å². The first-order valence-corrected chi connectivity index (χ1v) is 9.99. The third-order valence-corrected chi connectivity index (χ3v) is 5.55. The zero-order valence-electron chi connectivity index (χ0n) is 17.1. The van der Waals surface area contributed by atoms with Crippen molar-refractivity contribution in [3.63, 3.8) is 0 Å². The van der Waals surface area contributed by atoms with Crippen LogP contribution in [0.25, 0.3) is 0 Å². The Morgan fingerprint density at radius 1 is 1.03 bits per heavy atom. The van der Waals surface area contributed by atoms with E-state index in [0.717, 1.165) is 11.3 Å². The molecule has 2 aromatic rings. The molecular weight excluding hydrogens is 384 g/mol. The van der Waals surface area contributed by atoms with Crippen LogP contribution in [0.3, 0.4) is 0 Å². The zero-order chi connectivity index (χ0) is 21.3. The Morgan fingerprint density at radius 2 is 1.70 bits per heavy atom. The van der Waals surface area contributed by atoms with E-state index in [4.69, 9.17) is 9.47 Å². The molecule has 4 rings (SSSR count). The van der Waals surface area contributed by atoms with E-state index in [1.807, 2.05) is 32.0 Å². The molecule has 0 fully saturated rings. The minimum Gasteiger partial charge on any atom is -0.454 e. The molecule has 2 aliphatic heterocycles. The highest BCUT2D eigenvalue weighted by atomic mass is 16.7. The van der Waals surface area contributed by atoms with Crippen molar-refractivity contribution in [1.29, 1.82) is 0 Å². The predicted octanol–water partition coefficient (Wildman–Crippen LogP) is 2.89. The highest BCUT2D eigenvalue weighted by Gasteiger charge is 2.34. The molecule has 2 aromatic carbocycles. The number of nitrogens with zero attached hydrogens (tertiary/aromatic N) is 1. The molecular formula is C23H24N2O5. The molecule has 0 spiro atoms. The summed E-state index contributed by atoms with van der Waals surface area (Å²) < 4.78 is 10.8. The summed E-state index contributed by atoms with van der Waals surface area (Å²) in [6, 6.07) is 12.6. The lowest BCUT2D eigenvalue weighted by Gasteiger charge is -2.26. The number of hydrogen-bond acceptors (Lipinski definition) is 5. The third kappa shape index (κ3) is 3.75. The Bertz CT molecular complexity index is 979. The quantitative estimate of drug-likeness (QED) is 0.712. The van der Waals surface area contributed by atoms with Gasteiger partial charge in [0.1, 0.15) is 0 Å². The maximum Gasteiger partial charge on any atom is 0.261 e. The average Bonchev–Trinajstić information content (AvgIpc) is 3.30. The second kappa shape index (κ2) is 7.82. The summed E-state index contributed by atoms with van der Waals surface area (Å²) in [6.07, 6.45) is 0.659. The number of amides is 3. The van der Waals surface area contributed by atoms with Crippen molar-refractivity contribution < 1.29 is 23.9 Å². The van der Waals surface area contributed by atoms with E-state index >= 15 is 0 Å². The summed E-state index contributed by atoms with van der Waals surface area (Å²) in [5.74, 6) is 0.750. The molecule has 30 heavy (non-hydrogen) atoms. The van der Waals surface area contributed by atoms with Crippen molar-refractivity contribution in [1.82, 2.24) is 10.2 Å². The molecule has 3 amide bonds. The number of imide groups is 1. The van der Waals surface area contributed by atoms with Crippen LogP contribution in [0.5, 0.6) is 11.5 Å². The number of fused-ring (bicyclic) bond motifs is 2. The van der Waals surface area contributed by atoms with Gasteiger partial charge in [0.05, 0.1) is 11.1 Å². The fraction of sp³-hybridized carbons (Fsp3) is 0.348. The first-order valence-electron chi connectivity index (χ1n) is 9.99. The molecule has 156 valence electrons. The van der Waals surface area contributed by atoms with E-state index in [1.165, 1.54) is 4.90 Å². The molecule has 0 radical (unpaired) electrons. The predicted molar refractivity (Wildman–Crippen MR) is 110 cm³/mol. The molecule has 2 aliphatic rings. The van der Waals surface area contributed by atoms with Gasteiger partial charge >= 0.3 is 0 Å². The van der Waals surface area contributed by atoms with Crippen LogP contribution in [0, 0.1) is 0 Å². The summed E-state index contributed by atoms with van der Waals surface area (Å²) in [7, 11) is 0. The van der Waals surface area contributed by atoms with Gasteiger partial charge in [0.2, 0.25) is 12.7 Å². The van der Waals surface area contributed by atoms with Gasteiger partial charge in [0.15, 0.2) is 11.5 Å². The summed E-state index contributed by atoms with van der Waals surface area (Å²) in [5.41, 5.74) is 1.60. The molecule has 2 heterocycles. The summed E-state index contributed by atoms with van der Waals surface area (Å²) in [5, 5.41) is 2.95. The van der Waals surface area contributed by atoms with Crippen molar-refractivity contribution >= 4 is 17.7 Å². The fourth-order valence-corrected chi connectivity index (χ4v) is 3.67. The van der Waals surface area contributed by atoms with Gasteiger partial charge in [-0.2, -0.15) is 0 Å². The van der Waals surface area contributed by atoms with Gasteiger partial charge in [-0.15, -0.1) is 0 Å². The van der Waals surface area contributed by atoms with Crippen LogP contribution in [0.4, 0.5) is 0 Å². The second-order valence-corrected chi connectivity index (χ2v) is 8.14. The van der Waals surface area contributed by atoms with Crippen molar-refractivity contribution in [2.75, 3.05) is 19.9 Å². The van der Waals surface area contributed by atoms with Gasteiger partial charge in [0, 0.05) is 24.9 Å². The molecule has 0 saturated heterocycles. The highest BCUT2D eigenvalue weighted by molar-refractivity contribution is 6.21. The summed E-state index contributed by atoms with van der Waals surface area (Å²) in [6.45, 7) is 5.00. The Hall–Kier alpha value is -3.35. The number of rotatable bonds is 7. The normalized spacial score (nSPS) is 14.8. The number of carbonyl (C=O) groups excluding carboxylic acids is 3. The van der Waals surface area contributed by atoms with Gasteiger partial charge in [-0.3, -0.25) is 19.3 Å². The monoisotopic (exact) mass is 408 g/mol. The van der Waals surface area contributed by atoms with E-state index in [9.17, 15) is 14.4 Å². The molecule has 7 nitrogen and oxygen atoms in total. The minimum atomic E-state index is -0.292. The topological polar surface area (TPSA) is 84.9 Å². The minimum absolute atomic E-state index is 0.111. The Balaban J connectivity index is 1.26. The number of ether oxygens (including phenoxy) is 2. The standard InChI is InChI=1S/C23H24N2O5/c1-23(2,15-9-10-18-19(12-15)30-14-29-18)13-24-20(26)8-5-11-25-21(27)16-6-3-4-7-17(16)22(25)28/h3-4,6-7,9-10,12H,5,8,11,13-14H2,1-2H3,(H,24,26). The van der Waals surface area contributed by atoms with Crippen LogP contribution >= 0.6 is 0 Å². The summed E-state index contributed by atoms with van der Waals surface area (Å²) >= 11 is 0. The first kappa shape index (κ1) is 19.9. The van der Waals surface area contributed by atoms with Crippen LogP contribution in [0.2, 0.25) is 0 Å². The van der Waals surface area contributed by atoms with Crippen molar-refractivity contribution in [3.05, 3.63) is 59.2 Å². The Labute approximate surface area is 175 Å². The number of benzene rings is 2. The SMILES string of the molecule is CC(C)(CNC(=O)CCCN1C(=O)c2ccccc2C1=O)c1ccc2c(c1)OCO2. The maximum absolute atomic E-state index is 12.4. The smallest absolute Gasteiger partial charge is 0.261 e. The largest absolute Gasteiger partial charge is 0.454 e. The van der Waals surface area contributed by atoms with E-state index in [-0.39, 0.29) is 42.9 Å². The third-order valence-electron chi connectivity index (χ3n) is 5.55. The van der Waals surface area contributed by atoms with Crippen molar-refractivity contribution in [2.45, 2.75) is 32.1 Å². The van der Waals surface area contributed by atoms with E-state index in [0.29, 0.717) is 29.8 Å². The zero-order valence-corrected chi connectivity index (χ0v) is 17.1. The lowest BCUT2D eigenvalue weighted by molar-refractivity contribution is -0.121. The van der Waals surface area contributed by atoms with Crippen LogP contribution in [0.15, 0.2) is 42.5 Å². The first-order chi connectivity index (χ1) is 14.4. The number of hydrogen-bond donors (Lipinski definition) is 1. The van der Waals surface area contributed by atoms with E-state index in [2.05, 4.69) is 5.32 Å². The van der Waals surface area contributed by atoms with Gasteiger partial charge in [0.25, 0.3) is 11.8 Å². The average molecular weight is 408 g/mol. The second-order valence-electron chi connectivity index (χ2n) is 8.14. The molecule has 1 N–H and O–H groups in total. The molecule has 7 heteroatoms. The molecule has 0 atom stereocenters.